The third-order valence-electron chi connectivity index (χ3n) is 6.84. The van der Waals surface area contributed by atoms with Gasteiger partial charge in [-0.3, -0.25) is 0 Å². The smallest absolute Gasteiger partial charge is 0.748 e. The molecule has 0 bridgehead atoms. The summed E-state index contributed by atoms with van der Waals surface area (Å²) in [5.41, 5.74) is 0. The van der Waals surface area contributed by atoms with Crippen LogP contribution in [-0.2, 0) is 20.2 Å². The Morgan fingerprint density at radius 2 is 0.620 bits per heavy atom. The minimum atomic E-state index is -4.36. The van der Waals surface area contributed by atoms with E-state index in [2.05, 4.69) is 75.7 Å². The van der Waals surface area contributed by atoms with Gasteiger partial charge in [0.15, 0.2) is 0 Å². The molecule has 2 rings (SSSR count). The number of hydrogen-bond acceptors (Lipinski definition) is 18. The Morgan fingerprint density at radius 3 is 0.840 bits per heavy atom. The van der Waals surface area contributed by atoms with E-state index in [1.807, 2.05) is 0 Å². The average molecular weight is 763 g/mol. The quantitative estimate of drug-likeness (QED) is 0.0275. The summed E-state index contributed by atoms with van der Waals surface area (Å²) >= 11 is 0. The van der Waals surface area contributed by atoms with Crippen LogP contribution in [0.2, 0.25) is 0 Å². The largest absolute Gasteiger partial charge is 1.00 e. The van der Waals surface area contributed by atoms with Gasteiger partial charge in [0.25, 0.3) is 0 Å². The van der Waals surface area contributed by atoms with Crippen LogP contribution in [0.15, 0.2) is 0 Å². The van der Waals surface area contributed by atoms with Crippen molar-refractivity contribution in [1.82, 2.24) is 29.9 Å². The maximum Gasteiger partial charge on any atom is 1.00 e. The van der Waals surface area contributed by atoms with Crippen molar-refractivity contribution in [3.8, 4) is 0 Å². The molecular weight excluding hydrogens is 711 g/mol. The molecule has 0 unspecified atom stereocenters. The van der Waals surface area contributed by atoms with Crippen LogP contribution >= 0.6 is 0 Å². The molecule has 0 aliphatic carbocycles. The summed E-state index contributed by atoms with van der Waals surface area (Å²) in [5.74, 6) is 0.630. The molecule has 0 fully saturated rings. The number of nitrogens with zero attached hydrogens (tertiary/aromatic N) is 6. The van der Waals surface area contributed by atoms with E-state index in [-0.39, 0.29) is 84.1 Å². The van der Waals surface area contributed by atoms with E-state index in [0.29, 0.717) is 50.0 Å². The van der Waals surface area contributed by atoms with Crippen LogP contribution in [0.3, 0.4) is 0 Å². The van der Waals surface area contributed by atoms with Gasteiger partial charge in [0, 0.05) is 39.3 Å². The van der Waals surface area contributed by atoms with Crippen LogP contribution in [0.5, 0.6) is 0 Å². The van der Waals surface area contributed by atoms with E-state index < -0.39 is 31.7 Å². The molecule has 2 aromatic heterocycles. The predicted molar refractivity (Wildman–Crippen MR) is 186 cm³/mol. The first-order valence-corrected chi connectivity index (χ1v) is 20.0. The first-order valence-electron chi connectivity index (χ1n) is 16.8. The van der Waals surface area contributed by atoms with Crippen molar-refractivity contribution < 1.29 is 85.1 Å². The van der Waals surface area contributed by atoms with Gasteiger partial charge in [-0.15, -0.1) is 0 Å². The van der Waals surface area contributed by atoms with Gasteiger partial charge in [0.05, 0.1) is 31.7 Å². The van der Waals surface area contributed by atoms with Gasteiger partial charge in [-0.2, -0.15) is 29.9 Å². The fourth-order valence-electron chi connectivity index (χ4n) is 4.31. The fourth-order valence-corrected chi connectivity index (χ4v) is 5.01. The molecule has 2 aromatic rings. The zero-order chi connectivity index (χ0) is 35.1. The molecule has 18 nitrogen and oxygen atoms in total. The molecule has 0 saturated carbocycles. The molecule has 0 aliphatic rings. The summed E-state index contributed by atoms with van der Waals surface area (Å²) in [6.45, 7) is 6.67. The summed E-state index contributed by atoms with van der Waals surface area (Å²) in [7, 11) is -8.72. The van der Waals surface area contributed by atoms with Gasteiger partial charge < -0.3 is 41.0 Å². The van der Waals surface area contributed by atoms with Crippen LogP contribution in [0.4, 0.5) is 35.7 Å². The molecule has 50 heavy (non-hydrogen) atoms. The Balaban J connectivity index is 0.0000120. The second-order valence-electron chi connectivity index (χ2n) is 11.2. The SMILES string of the molecule is CCCCCCNc1nc(NCCCCCCNc2nc(NCCCCCC)nc(NCCS(=O)(=O)[O-])n2)nc(NCCS(=O)(=O)[O-])n1.[Na+].[Na+]. The zero-order valence-electron chi connectivity index (χ0n) is 30.1. The second kappa shape index (κ2) is 28.2. The summed E-state index contributed by atoms with van der Waals surface area (Å²) in [4.78, 5) is 26.0. The van der Waals surface area contributed by atoms with Crippen LogP contribution in [0.1, 0.15) is 90.9 Å². The van der Waals surface area contributed by atoms with E-state index in [9.17, 15) is 25.9 Å². The summed E-state index contributed by atoms with van der Waals surface area (Å²) < 4.78 is 65.7. The third-order valence-corrected chi connectivity index (χ3v) is 8.25. The minimum absolute atomic E-state index is 0. The van der Waals surface area contributed by atoms with Crippen molar-refractivity contribution in [3.05, 3.63) is 0 Å². The van der Waals surface area contributed by atoms with Crippen molar-refractivity contribution in [1.29, 1.82) is 0 Å². The first kappa shape index (κ1) is 48.6. The molecular formula is C28H52N12Na2O6S2. The van der Waals surface area contributed by atoms with Gasteiger partial charge in [0.1, 0.15) is 0 Å². The molecule has 274 valence electrons. The Kier molecular flexibility index (Phi) is 27.4. The van der Waals surface area contributed by atoms with Gasteiger partial charge >= 0.3 is 59.1 Å². The number of unbranched alkanes of at least 4 members (excludes halogenated alkanes) is 9. The predicted octanol–water partition coefficient (Wildman–Crippen LogP) is -2.95. The molecule has 0 aliphatic heterocycles. The fraction of sp³-hybridized carbons (Fsp3) is 0.786. The van der Waals surface area contributed by atoms with Crippen LogP contribution in [0.25, 0.3) is 0 Å². The van der Waals surface area contributed by atoms with Crippen molar-refractivity contribution in [2.45, 2.75) is 90.9 Å². The molecule has 0 saturated heterocycles. The number of aromatic nitrogens is 6. The monoisotopic (exact) mass is 762 g/mol. The maximum absolute atomic E-state index is 11.0. The summed E-state index contributed by atoms with van der Waals surface area (Å²) in [6, 6.07) is 0. The Morgan fingerprint density at radius 1 is 0.400 bits per heavy atom. The summed E-state index contributed by atoms with van der Waals surface area (Å²) in [6.07, 6.45) is 12.2. The number of nitrogens with one attached hydrogen (secondary N) is 6. The maximum atomic E-state index is 11.0. The van der Waals surface area contributed by atoms with Crippen molar-refractivity contribution >= 4 is 55.9 Å². The molecule has 0 radical (unpaired) electrons. The number of hydrogen-bond donors (Lipinski definition) is 6. The van der Waals surface area contributed by atoms with Crippen LogP contribution in [-0.4, -0.2) is 107 Å². The van der Waals surface area contributed by atoms with Gasteiger partial charge in [-0.25, -0.2) is 16.8 Å². The van der Waals surface area contributed by atoms with Crippen molar-refractivity contribution in [2.24, 2.45) is 0 Å². The summed E-state index contributed by atoms with van der Waals surface area (Å²) in [5, 5.41) is 18.3. The first-order chi connectivity index (χ1) is 23.0. The molecule has 0 amide bonds. The van der Waals surface area contributed by atoms with E-state index >= 15 is 0 Å². The van der Waals surface area contributed by atoms with E-state index in [0.717, 1.165) is 77.0 Å². The van der Waals surface area contributed by atoms with Gasteiger partial charge in [-0.05, 0) is 25.7 Å². The van der Waals surface area contributed by atoms with Gasteiger partial charge in [-0.1, -0.05) is 65.2 Å². The van der Waals surface area contributed by atoms with Crippen molar-refractivity contribution in [3.63, 3.8) is 0 Å². The topological polar surface area (TPSA) is 264 Å². The van der Waals surface area contributed by atoms with Crippen molar-refractivity contribution in [2.75, 3.05) is 82.7 Å². The molecule has 0 aromatic carbocycles. The molecule has 6 N–H and O–H groups in total. The Bertz CT molecular complexity index is 1310. The van der Waals surface area contributed by atoms with Crippen LogP contribution in [0, 0.1) is 0 Å². The molecule has 2 heterocycles. The van der Waals surface area contributed by atoms with E-state index in [1.165, 1.54) is 0 Å². The second-order valence-corrected chi connectivity index (χ2v) is 14.3. The number of anilines is 6. The van der Waals surface area contributed by atoms with E-state index in [1.54, 1.807) is 0 Å². The molecule has 22 heteroatoms. The third kappa shape index (κ3) is 25.6. The zero-order valence-corrected chi connectivity index (χ0v) is 35.7. The molecule has 0 atom stereocenters. The Hall–Kier alpha value is -1.36. The van der Waals surface area contributed by atoms with Crippen LogP contribution < -0.4 is 91.0 Å². The number of rotatable bonds is 29. The van der Waals surface area contributed by atoms with E-state index in [4.69, 9.17) is 0 Å². The normalized spacial score (nSPS) is 11.2. The standard InChI is InChI=1S/C28H54N12O6S2.2Na/c1-3-5-7-11-15-29-23-35-25(39-27(37-23)33-19-21-47(41,42)43)31-17-13-9-10-14-18-32-26-36-24(30-16-12-8-6-4-2)38-28(40-26)34-20-22-48(44,45)46;;/h3-22H2,1-2H3,(H,41,42,43)(H,44,45,46)(H3,29,31,33,35,37,39)(H3,30,32,34,36,38,40);;/q;2*+1/p-2. The average Bonchev–Trinajstić information content (AvgIpc) is 3.01. The van der Waals surface area contributed by atoms with Gasteiger partial charge in [0.2, 0.25) is 35.7 Å². The molecule has 0 spiro atoms. The Labute approximate surface area is 341 Å². The minimum Gasteiger partial charge on any atom is -0.748 e.